The molecule has 0 N–H and O–H groups in total. The number of nitrogens with zero attached hydrogens (tertiary/aromatic N) is 4. The lowest BCUT2D eigenvalue weighted by Crippen LogP contribution is -2.53. The van der Waals surface area contributed by atoms with Gasteiger partial charge in [0.2, 0.25) is 0 Å². The largest absolute Gasteiger partial charge is 0.679 e. The van der Waals surface area contributed by atoms with Gasteiger partial charge in [0.25, 0.3) is 0 Å². The lowest BCUT2D eigenvalue weighted by molar-refractivity contribution is -0.0465. The molecule has 296 valence electrons. The summed E-state index contributed by atoms with van der Waals surface area (Å²) in [5.41, 5.74) is 0. The summed E-state index contributed by atoms with van der Waals surface area (Å²) in [5.74, 6) is 0. The highest BCUT2D eigenvalue weighted by Crippen LogP contribution is 2.15. The Morgan fingerprint density at radius 2 is 0.429 bits per heavy atom. The van der Waals surface area contributed by atoms with E-state index in [1.807, 2.05) is 0 Å². The van der Waals surface area contributed by atoms with E-state index in [0.29, 0.717) is 26.4 Å². The molecule has 0 aromatic heterocycles. The van der Waals surface area contributed by atoms with Gasteiger partial charge in [0, 0.05) is 26.2 Å². The minimum atomic E-state index is -3.42. The molecule has 0 saturated carbocycles. The first-order valence-corrected chi connectivity index (χ1v) is 23.1. The molecule has 0 aliphatic rings. The van der Waals surface area contributed by atoms with E-state index in [9.17, 15) is 0 Å². The van der Waals surface area contributed by atoms with Gasteiger partial charge in [0.1, 0.15) is 0 Å². The monoisotopic (exact) mass is 717 g/mol. The van der Waals surface area contributed by atoms with Gasteiger partial charge in [-0.2, -0.15) is 0 Å². The molecule has 8 nitrogen and oxygen atoms in total. The van der Waals surface area contributed by atoms with E-state index in [-0.39, 0.29) is 0 Å². The number of hydrogen-bond acceptors (Lipinski definition) is 8. The molecule has 0 bridgehead atoms. The lowest BCUT2D eigenvalue weighted by Gasteiger charge is -2.32. The fourth-order valence-corrected chi connectivity index (χ4v) is 7.71. The first-order valence-electron chi connectivity index (χ1n) is 21.4. The fraction of sp³-hybridized carbons (Fsp3) is 1.00. The van der Waals surface area contributed by atoms with Crippen LogP contribution in [-0.2, 0) is 17.7 Å². The quantitative estimate of drug-likeness (QED) is 0.0583. The van der Waals surface area contributed by atoms with Crippen LogP contribution in [0.5, 0.6) is 0 Å². The molecule has 49 heavy (non-hydrogen) atoms. The van der Waals surface area contributed by atoms with Crippen molar-refractivity contribution in [1.29, 1.82) is 0 Å². The van der Waals surface area contributed by atoms with Crippen LogP contribution in [0.4, 0.5) is 0 Å². The minimum Gasteiger partial charge on any atom is -0.350 e. The molecule has 0 aromatic rings. The Kier molecular flexibility index (Phi) is 36.2. The molecular formula is C40H88N4O4Si. The van der Waals surface area contributed by atoms with Gasteiger partial charge in [-0.15, -0.1) is 0 Å². The predicted octanol–water partition coefficient (Wildman–Crippen LogP) is 9.10. The lowest BCUT2D eigenvalue weighted by atomic mass is 10.2. The average molecular weight is 717 g/mol. The highest BCUT2D eigenvalue weighted by molar-refractivity contribution is 6.53. The van der Waals surface area contributed by atoms with Crippen molar-refractivity contribution in [2.24, 2.45) is 0 Å². The molecule has 0 fully saturated rings. The molecule has 0 aromatic carbocycles. The second kappa shape index (κ2) is 36.3. The smallest absolute Gasteiger partial charge is 0.350 e. The van der Waals surface area contributed by atoms with Crippen molar-refractivity contribution in [3.05, 3.63) is 0 Å². The molecule has 0 saturated heterocycles. The SMILES string of the molecule is CCCCN(CCCC)CCO[Si](OCCN(CCCC)CCCC)(OCCN(CCCC)CCCC)OCCN(CCCC)CCCC. The van der Waals surface area contributed by atoms with Gasteiger partial charge < -0.3 is 37.3 Å². The Morgan fingerprint density at radius 3 is 0.571 bits per heavy atom. The minimum absolute atomic E-state index is 0.583. The Morgan fingerprint density at radius 1 is 0.265 bits per heavy atom. The second-order valence-electron chi connectivity index (χ2n) is 14.1. The van der Waals surface area contributed by atoms with Gasteiger partial charge in [-0.1, -0.05) is 107 Å². The predicted molar refractivity (Wildman–Crippen MR) is 215 cm³/mol. The molecule has 0 spiro atoms. The first kappa shape index (κ1) is 48.9. The molecule has 0 radical (unpaired) electrons. The maximum atomic E-state index is 6.83. The van der Waals surface area contributed by atoms with Gasteiger partial charge >= 0.3 is 9.05 Å². The maximum absolute atomic E-state index is 6.83. The third-order valence-corrected chi connectivity index (χ3v) is 11.6. The summed E-state index contributed by atoms with van der Waals surface area (Å²) in [6.07, 6.45) is 19.5. The van der Waals surface area contributed by atoms with Crippen LogP contribution in [0.15, 0.2) is 0 Å². The van der Waals surface area contributed by atoms with E-state index in [1.54, 1.807) is 0 Å². The standard InChI is InChI=1S/C40H88N4O4Si/c1-9-17-25-41(26-18-10-2)33-37-45-49(46-38-34-42(27-19-11-3)28-20-12-4,47-39-35-43(29-21-13-5)30-22-14-6)48-40-36-44(31-23-15-7)32-24-16-8/h9-40H2,1-8H3. The van der Waals surface area contributed by atoms with Crippen molar-refractivity contribution in [2.45, 2.75) is 158 Å². The van der Waals surface area contributed by atoms with Gasteiger partial charge in [-0.25, -0.2) is 0 Å². The van der Waals surface area contributed by atoms with Gasteiger partial charge in [0.05, 0.1) is 26.4 Å². The van der Waals surface area contributed by atoms with Crippen LogP contribution in [0.3, 0.4) is 0 Å². The van der Waals surface area contributed by atoms with Crippen LogP contribution in [-0.4, -0.2) is 134 Å². The summed E-state index contributed by atoms with van der Waals surface area (Å²) in [4.78, 5) is 10.3. The molecular weight excluding hydrogens is 629 g/mol. The second-order valence-corrected chi connectivity index (χ2v) is 16.2. The molecule has 0 heterocycles. The van der Waals surface area contributed by atoms with E-state index in [0.717, 1.165) is 78.5 Å². The van der Waals surface area contributed by atoms with Crippen molar-refractivity contribution >= 4 is 9.05 Å². The zero-order valence-corrected chi connectivity index (χ0v) is 35.5. The topological polar surface area (TPSA) is 49.9 Å². The van der Waals surface area contributed by atoms with Crippen molar-refractivity contribution < 1.29 is 17.7 Å². The van der Waals surface area contributed by atoms with E-state index >= 15 is 0 Å². The van der Waals surface area contributed by atoms with Crippen molar-refractivity contribution in [2.75, 3.05) is 105 Å². The summed E-state index contributed by atoms with van der Waals surface area (Å²) in [6.45, 7) is 33.1. The van der Waals surface area contributed by atoms with E-state index in [2.05, 4.69) is 75.0 Å². The van der Waals surface area contributed by atoms with E-state index < -0.39 is 9.05 Å². The van der Waals surface area contributed by atoms with E-state index in [1.165, 1.54) is 103 Å². The van der Waals surface area contributed by atoms with Crippen molar-refractivity contribution in [3.8, 4) is 0 Å². The first-order chi connectivity index (χ1) is 24.0. The number of hydrogen-bond donors (Lipinski definition) is 0. The third-order valence-electron chi connectivity index (χ3n) is 9.37. The Bertz CT molecular complexity index is 524. The van der Waals surface area contributed by atoms with Crippen LogP contribution in [0, 0.1) is 0 Å². The molecule has 0 rings (SSSR count). The zero-order valence-electron chi connectivity index (χ0n) is 34.5. The highest BCUT2D eigenvalue weighted by atomic mass is 28.4. The maximum Gasteiger partial charge on any atom is 0.679 e. The molecule has 9 heteroatoms. The van der Waals surface area contributed by atoms with Crippen molar-refractivity contribution in [1.82, 2.24) is 19.6 Å². The molecule has 0 amide bonds. The van der Waals surface area contributed by atoms with Crippen LogP contribution >= 0.6 is 0 Å². The molecule has 0 unspecified atom stereocenters. The van der Waals surface area contributed by atoms with Gasteiger partial charge in [0.15, 0.2) is 0 Å². The summed E-state index contributed by atoms with van der Waals surface area (Å²) in [6, 6.07) is 0. The van der Waals surface area contributed by atoms with Crippen molar-refractivity contribution in [3.63, 3.8) is 0 Å². The summed E-state index contributed by atoms with van der Waals surface area (Å²) >= 11 is 0. The summed E-state index contributed by atoms with van der Waals surface area (Å²) < 4.78 is 27.3. The zero-order chi connectivity index (χ0) is 36.3. The van der Waals surface area contributed by atoms with E-state index in [4.69, 9.17) is 17.7 Å². The normalized spacial score (nSPS) is 12.5. The average Bonchev–Trinajstić information content (AvgIpc) is 3.11. The Labute approximate surface area is 308 Å². The fourth-order valence-electron chi connectivity index (χ4n) is 5.84. The molecule has 0 atom stereocenters. The van der Waals surface area contributed by atoms with Gasteiger partial charge in [-0.3, -0.25) is 0 Å². The number of unbranched alkanes of at least 4 members (excludes halogenated alkanes) is 8. The third kappa shape index (κ3) is 28.1. The molecule has 0 aliphatic heterocycles. The Balaban J connectivity index is 6.07. The highest BCUT2D eigenvalue weighted by Gasteiger charge is 2.46. The van der Waals surface area contributed by atoms with Crippen LogP contribution in [0.2, 0.25) is 0 Å². The van der Waals surface area contributed by atoms with Crippen LogP contribution in [0.25, 0.3) is 0 Å². The van der Waals surface area contributed by atoms with Gasteiger partial charge in [-0.05, 0) is 104 Å². The summed E-state index contributed by atoms with van der Waals surface area (Å²) in [7, 11) is -3.42. The van der Waals surface area contributed by atoms with Crippen LogP contribution in [0.1, 0.15) is 158 Å². The Hall–Kier alpha value is -0.103. The number of rotatable bonds is 40. The molecule has 0 aliphatic carbocycles. The van der Waals surface area contributed by atoms with Crippen LogP contribution < -0.4 is 0 Å². The summed E-state index contributed by atoms with van der Waals surface area (Å²) in [5, 5.41) is 0.